The molecule has 0 saturated heterocycles. The summed E-state index contributed by atoms with van der Waals surface area (Å²) < 4.78 is 5.52. The highest BCUT2D eigenvalue weighted by Gasteiger charge is 2.36. The van der Waals surface area contributed by atoms with Crippen LogP contribution in [0.4, 0.5) is 0 Å². The van der Waals surface area contributed by atoms with Gasteiger partial charge in [0.15, 0.2) is 0 Å². The van der Waals surface area contributed by atoms with Crippen molar-refractivity contribution in [1.82, 2.24) is 4.90 Å². The van der Waals surface area contributed by atoms with Crippen LogP contribution in [-0.2, 0) is 11.3 Å². The number of nitrogens with zero attached hydrogens (tertiary/aromatic N) is 1. The Morgan fingerprint density at radius 2 is 2.10 bits per heavy atom. The van der Waals surface area contributed by atoms with E-state index in [1.54, 1.807) is 0 Å². The standard InChI is InChI=1S/C15H23NO4/c1-11-3-4-13(20-11)9-16(2)10-15(19)7-5-12(6-8-15)14(17)18/h3-4,12,19H,5-10H2,1-2H3,(H,17,18). The summed E-state index contributed by atoms with van der Waals surface area (Å²) >= 11 is 0. The summed E-state index contributed by atoms with van der Waals surface area (Å²) in [7, 11) is 1.94. The van der Waals surface area contributed by atoms with Crippen LogP contribution in [0.25, 0.3) is 0 Å². The van der Waals surface area contributed by atoms with Crippen molar-refractivity contribution in [2.24, 2.45) is 5.92 Å². The van der Waals surface area contributed by atoms with Crippen molar-refractivity contribution in [2.75, 3.05) is 13.6 Å². The molecule has 1 aromatic rings. The molecular formula is C15H23NO4. The molecule has 0 unspecified atom stereocenters. The van der Waals surface area contributed by atoms with Gasteiger partial charge in [-0.15, -0.1) is 0 Å². The van der Waals surface area contributed by atoms with Gasteiger partial charge in [-0.2, -0.15) is 0 Å². The van der Waals surface area contributed by atoms with Gasteiger partial charge in [0, 0.05) is 6.54 Å². The molecule has 1 heterocycles. The van der Waals surface area contributed by atoms with Crippen LogP contribution < -0.4 is 0 Å². The number of rotatable bonds is 5. The van der Waals surface area contributed by atoms with Gasteiger partial charge in [0.25, 0.3) is 0 Å². The van der Waals surface area contributed by atoms with Crippen molar-refractivity contribution in [3.8, 4) is 0 Å². The third-order valence-electron chi connectivity index (χ3n) is 4.05. The Morgan fingerprint density at radius 3 is 2.60 bits per heavy atom. The van der Waals surface area contributed by atoms with Crippen molar-refractivity contribution < 1.29 is 19.4 Å². The molecular weight excluding hydrogens is 258 g/mol. The number of likely N-dealkylation sites (N-methyl/N-ethyl adjacent to an activating group) is 1. The molecule has 0 aromatic carbocycles. The second-order valence-electron chi connectivity index (χ2n) is 6.02. The first kappa shape index (κ1) is 15.1. The van der Waals surface area contributed by atoms with E-state index in [4.69, 9.17) is 9.52 Å². The van der Waals surface area contributed by atoms with Crippen LogP contribution >= 0.6 is 0 Å². The van der Waals surface area contributed by atoms with Crippen LogP contribution in [0.5, 0.6) is 0 Å². The molecule has 112 valence electrons. The van der Waals surface area contributed by atoms with Gasteiger partial charge in [-0.1, -0.05) is 0 Å². The first-order valence-electron chi connectivity index (χ1n) is 7.07. The molecule has 2 rings (SSSR count). The number of aliphatic hydroxyl groups is 1. The van der Waals surface area contributed by atoms with Gasteiger partial charge in [-0.3, -0.25) is 9.69 Å². The Morgan fingerprint density at radius 1 is 1.45 bits per heavy atom. The summed E-state index contributed by atoms with van der Waals surface area (Å²) in [5.74, 6) is 0.724. The van der Waals surface area contributed by atoms with Crippen LogP contribution in [0.15, 0.2) is 16.5 Å². The summed E-state index contributed by atoms with van der Waals surface area (Å²) in [6.45, 7) is 3.10. The molecule has 0 radical (unpaired) electrons. The minimum Gasteiger partial charge on any atom is -0.481 e. The fourth-order valence-electron chi connectivity index (χ4n) is 2.95. The van der Waals surface area contributed by atoms with E-state index < -0.39 is 11.6 Å². The van der Waals surface area contributed by atoms with E-state index >= 15 is 0 Å². The highest BCUT2D eigenvalue weighted by Crippen LogP contribution is 2.33. The Kier molecular flexibility index (Phi) is 4.50. The minimum atomic E-state index is -0.775. The van der Waals surface area contributed by atoms with Crippen molar-refractivity contribution in [1.29, 1.82) is 0 Å². The number of furan rings is 1. The lowest BCUT2D eigenvalue weighted by Crippen LogP contribution is -2.44. The molecule has 1 aliphatic rings. The number of aryl methyl sites for hydroxylation is 1. The predicted octanol–water partition coefficient (Wildman–Crippen LogP) is 2.03. The SMILES string of the molecule is Cc1ccc(CN(C)CC2(O)CCC(C(=O)O)CC2)o1. The Bertz CT molecular complexity index is 460. The quantitative estimate of drug-likeness (QED) is 0.864. The van der Waals surface area contributed by atoms with Gasteiger partial charge in [-0.05, 0) is 51.8 Å². The third kappa shape index (κ3) is 3.84. The normalized spacial score (nSPS) is 26.9. The molecule has 1 saturated carbocycles. The second-order valence-corrected chi connectivity index (χ2v) is 6.02. The second kappa shape index (κ2) is 5.97. The van der Waals surface area contributed by atoms with Crippen molar-refractivity contribution in [3.05, 3.63) is 23.7 Å². The largest absolute Gasteiger partial charge is 0.481 e. The smallest absolute Gasteiger partial charge is 0.306 e. The number of hydrogen-bond acceptors (Lipinski definition) is 4. The van der Waals surface area contributed by atoms with Crippen LogP contribution in [0, 0.1) is 12.8 Å². The summed E-state index contributed by atoms with van der Waals surface area (Å²) in [6.07, 6.45) is 2.20. The van der Waals surface area contributed by atoms with Gasteiger partial charge in [0.05, 0.1) is 18.1 Å². The number of carboxylic acids is 1. The van der Waals surface area contributed by atoms with Gasteiger partial charge in [0.1, 0.15) is 11.5 Å². The van der Waals surface area contributed by atoms with Gasteiger partial charge < -0.3 is 14.6 Å². The third-order valence-corrected chi connectivity index (χ3v) is 4.05. The van der Waals surface area contributed by atoms with E-state index in [2.05, 4.69) is 0 Å². The fraction of sp³-hybridized carbons (Fsp3) is 0.667. The number of carbonyl (C=O) groups is 1. The zero-order chi connectivity index (χ0) is 14.8. The predicted molar refractivity (Wildman–Crippen MR) is 74.3 cm³/mol. The lowest BCUT2D eigenvalue weighted by molar-refractivity contribution is -0.145. The molecule has 0 bridgehead atoms. The van der Waals surface area contributed by atoms with Crippen LogP contribution in [-0.4, -0.2) is 40.3 Å². The van der Waals surface area contributed by atoms with Crippen LogP contribution in [0.1, 0.15) is 37.2 Å². The lowest BCUT2D eigenvalue weighted by Gasteiger charge is -2.37. The highest BCUT2D eigenvalue weighted by atomic mass is 16.4. The topological polar surface area (TPSA) is 73.9 Å². The number of hydrogen-bond donors (Lipinski definition) is 2. The number of carboxylic acid groups (broad SMARTS) is 1. The molecule has 1 aromatic heterocycles. The summed E-state index contributed by atoms with van der Waals surface area (Å²) in [5.41, 5.74) is -0.775. The monoisotopic (exact) mass is 281 g/mol. The molecule has 0 amide bonds. The maximum absolute atomic E-state index is 10.9. The Balaban J connectivity index is 1.84. The van der Waals surface area contributed by atoms with Gasteiger partial charge in [0.2, 0.25) is 0 Å². The van der Waals surface area contributed by atoms with E-state index in [9.17, 15) is 9.90 Å². The highest BCUT2D eigenvalue weighted by molar-refractivity contribution is 5.70. The van der Waals surface area contributed by atoms with E-state index in [1.807, 2.05) is 31.0 Å². The molecule has 0 atom stereocenters. The molecule has 20 heavy (non-hydrogen) atoms. The molecule has 0 spiro atoms. The minimum absolute atomic E-state index is 0.298. The maximum atomic E-state index is 10.9. The lowest BCUT2D eigenvalue weighted by atomic mass is 9.78. The van der Waals surface area contributed by atoms with E-state index in [0.717, 1.165) is 11.5 Å². The summed E-state index contributed by atoms with van der Waals surface area (Å²) in [5, 5.41) is 19.5. The zero-order valence-electron chi connectivity index (χ0n) is 12.1. The van der Waals surface area contributed by atoms with Crippen molar-refractivity contribution in [2.45, 2.75) is 44.8 Å². The molecule has 5 nitrogen and oxygen atoms in total. The van der Waals surface area contributed by atoms with E-state index in [1.165, 1.54) is 0 Å². The average molecular weight is 281 g/mol. The molecule has 1 aliphatic carbocycles. The molecule has 0 aliphatic heterocycles. The average Bonchev–Trinajstić information content (AvgIpc) is 2.74. The van der Waals surface area contributed by atoms with E-state index in [-0.39, 0.29) is 5.92 Å². The van der Waals surface area contributed by atoms with Gasteiger partial charge >= 0.3 is 5.97 Å². The first-order valence-corrected chi connectivity index (χ1v) is 7.07. The Labute approximate surface area is 119 Å². The number of aliphatic carboxylic acids is 1. The van der Waals surface area contributed by atoms with Crippen molar-refractivity contribution >= 4 is 5.97 Å². The Hall–Kier alpha value is -1.33. The summed E-state index contributed by atoms with van der Waals surface area (Å²) in [6, 6.07) is 3.87. The maximum Gasteiger partial charge on any atom is 0.306 e. The molecule has 2 N–H and O–H groups in total. The van der Waals surface area contributed by atoms with Crippen LogP contribution in [0.3, 0.4) is 0 Å². The zero-order valence-corrected chi connectivity index (χ0v) is 12.1. The first-order chi connectivity index (χ1) is 9.38. The fourth-order valence-corrected chi connectivity index (χ4v) is 2.95. The molecule has 1 fully saturated rings. The van der Waals surface area contributed by atoms with Crippen molar-refractivity contribution in [3.63, 3.8) is 0 Å². The summed E-state index contributed by atoms with van der Waals surface area (Å²) in [4.78, 5) is 13.0. The van der Waals surface area contributed by atoms with Gasteiger partial charge in [-0.25, -0.2) is 0 Å². The molecule has 5 heteroatoms. The van der Waals surface area contributed by atoms with E-state index in [0.29, 0.717) is 38.8 Å². The van der Waals surface area contributed by atoms with Crippen LogP contribution in [0.2, 0.25) is 0 Å².